The molecule has 1 aliphatic heterocycles. The minimum absolute atomic E-state index is 0.0426. The summed E-state index contributed by atoms with van der Waals surface area (Å²) in [6.07, 6.45) is 9.23. The third kappa shape index (κ3) is 4.10. The maximum absolute atomic E-state index is 11.6. The monoisotopic (exact) mass is 391 g/mol. The highest BCUT2D eigenvalue weighted by Gasteiger charge is 2.24. The molecule has 152 valence electrons. The van der Waals surface area contributed by atoms with E-state index in [0.717, 1.165) is 50.7 Å². The van der Waals surface area contributed by atoms with E-state index < -0.39 is 0 Å². The van der Waals surface area contributed by atoms with Crippen molar-refractivity contribution in [2.45, 2.75) is 44.9 Å². The van der Waals surface area contributed by atoms with E-state index in [2.05, 4.69) is 39.9 Å². The first kappa shape index (κ1) is 18.5. The third-order valence-corrected chi connectivity index (χ3v) is 6.31. The lowest BCUT2D eigenvalue weighted by atomic mass is 10.1. The van der Waals surface area contributed by atoms with E-state index >= 15 is 0 Å². The highest BCUT2D eigenvalue weighted by molar-refractivity contribution is 5.86. The van der Waals surface area contributed by atoms with Crippen molar-refractivity contribution in [2.75, 3.05) is 13.1 Å². The van der Waals surface area contributed by atoms with Crippen LogP contribution in [0.3, 0.4) is 0 Å². The van der Waals surface area contributed by atoms with E-state index in [9.17, 15) is 4.79 Å². The van der Waals surface area contributed by atoms with Gasteiger partial charge in [-0.15, -0.1) is 0 Å². The van der Waals surface area contributed by atoms with Crippen LogP contribution in [0.4, 0.5) is 0 Å². The van der Waals surface area contributed by atoms with Crippen molar-refractivity contribution in [3.05, 3.63) is 64.7 Å². The van der Waals surface area contributed by atoms with Crippen LogP contribution >= 0.6 is 0 Å². The number of benzene rings is 1. The molecule has 0 atom stereocenters. The van der Waals surface area contributed by atoms with Gasteiger partial charge >= 0.3 is 0 Å². The lowest BCUT2D eigenvalue weighted by molar-refractivity contribution is 0.0979. The Kier molecular flexibility index (Phi) is 4.92. The number of fused-ring (bicyclic) bond motifs is 1. The highest BCUT2D eigenvalue weighted by Crippen LogP contribution is 2.34. The minimum Gasteiger partial charge on any atom is -0.490 e. The number of rotatable bonds is 6. The smallest absolute Gasteiger partial charge is 0.250 e. The number of aryl methyl sites for hydroxylation is 1. The third-order valence-electron chi connectivity index (χ3n) is 6.31. The molecule has 0 unspecified atom stereocenters. The number of hydrogen-bond acceptors (Lipinski definition) is 3. The number of aromatic nitrogens is 2. The molecule has 29 heavy (non-hydrogen) atoms. The predicted molar refractivity (Wildman–Crippen MR) is 115 cm³/mol. The van der Waals surface area contributed by atoms with E-state index in [4.69, 9.17) is 4.74 Å². The van der Waals surface area contributed by atoms with Gasteiger partial charge in [-0.05, 0) is 55.4 Å². The number of likely N-dealkylation sites (tertiary alicyclic amines) is 1. The first-order chi connectivity index (χ1) is 14.2. The Hall–Kier alpha value is -2.53. The Balaban J connectivity index is 1.21. The fourth-order valence-electron chi connectivity index (χ4n) is 4.40. The summed E-state index contributed by atoms with van der Waals surface area (Å²) in [5, 5.41) is 1.24. The quantitative estimate of drug-likeness (QED) is 0.642. The van der Waals surface area contributed by atoms with Crippen LogP contribution < -0.4 is 10.3 Å². The molecular weight excluding hydrogens is 362 g/mol. The molecule has 0 spiro atoms. The molecule has 1 aliphatic carbocycles. The summed E-state index contributed by atoms with van der Waals surface area (Å²) >= 11 is 0. The zero-order valence-corrected chi connectivity index (χ0v) is 17.1. The van der Waals surface area contributed by atoms with Crippen molar-refractivity contribution >= 4 is 10.9 Å². The van der Waals surface area contributed by atoms with Crippen LogP contribution in [0, 0.1) is 5.92 Å². The number of ether oxygens (including phenoxy) is 1. The molecule has 2 aromatic heterocycles. The van der Waals surface area contributed by atoms with Crippen LogP contribution in [-0.2, 0) is 20.1 Å². The summed E-state index contributed by atoms with van der Waals surface area (Å²) in [4.78, 5) is 14.0. The van der Waals surface area contributed by atoms with Crippen LogP contribution in [-0.4, -0.2) is 33.2 Å². The van der Waals surface area contributed by atoms with Gasteiger partial charge in [-0.2, -0.15) is 0 Å². The second kappa shape index (κ2) is 7.71. The number of piperidine rings is 1. The largest absolute Gasteiger partial charge is 0.490 e. The molecule has 5 rings (SSSR count). The summed E-state index contributed by atoms with van der Waals surface area (Å²) in [5.41, 5.74) is 2.52. The van der Waals surface area contributed by atoms with Crippen molar-refractivity contribution in [3.63, 3.8) is 0 Å². The molecule has 1 aromatic carbocycles. The highest BCUT2D eigenvalue weighted by atomic mass is 16.5. The van der Waals surface area contributed by atoms with E-state index in [-0.39, 0.29) is 11.7 Å². The van der Waals surface area contributed by atoms with Crippen molar-refractivity contribution in [1.82, 2.24) is 14.0 Å². The van der Waals surface area contributed by atoms with Gasteiger partial charge in [0.05, 0.1) is 5.52 Å². The zero-order valence-electron chi connectivity index (χ0n) is 17.1. The summed E-state index contributed by atoms with van der Waals surface area (Å²) in [6, 6.07) is 12.2. The van der Waals surface area contributed by atoms with E-state index in [1.165, 1.54) is 29.3 Å². The van der Waals surface area contributed by atoms with Gasteiger partial charge in [0, 0.05) is 57.1 Å². The lowest BCUT2D eigenvalue weighted by Gasteiger charge is -2.32. The molecular formula is C24H29N3O2. The van der Waals surface area contributed by atoms with Gasteiger partial charge in [0.15, 0.2) is 0 Å². The summed E-state index contributed by atoms with van der Waals surface area (Å²) < 4.78 is 10.5. The first-order valence-corrected chi connectivity index (χ1v) is 10.8. The van der Waals surface area contributed by atoms with Gasteiger partial charge in [-0.25, -0.2) is 0 Å². The lowest BCUT2D eigenvalue weighted by Crippen LogP contribution is -2.38. The Morgan fingerprint density at radius 1 is 1.03 bits per heavy atom. The first-order valence-electron chi connectivity index (χ1n) is 10.8. The van der Waals surface area contributed by atoms with Gasteiger partial charge in [0.1, 0.15) is 11.9 Å². The average molecular weight is 392 g/mol. The zero-order chi connectivity index (χ0) is 19.8. The standard InChI is InChI=1S/C24H29N3O2/c1-25-15-19(7-8-24(25)28)16-26-12-9-20(10-13-26)29-23-4-2-3-22-21(23)11-14-27(22)17-18-5-6-18/h2-4,7-8,11,14-15,18,20H,5-6,9-10,12-13,16-17H2,1H3. The summed E-state index contributed by atoms with van der Waals surface area (Å²) in [6.45, 7) is 4.06. The molecule has 0 amide bonds. The van der Waals surface area contributed by atoms with Crippen LogP contribution in [0.2, 0.25) is 0 Å². The van der Waals surface area contributed by atoms with Crippen molar-refractivity contribution in [1.29, 1.82) is 0 Å². The van der Waals surface area contributed by atoms with Crippen molar-refractivity contribution in [3.8, 4) is 5.75 Å². The van der Waals surface area contributed by atoms with Gasteiger partial charge < -0.3 is 13.9 Å². The second-order valence-corrected chi connectivity index (χ2v) is 8.68. The number of nitrogens with zero attached hydrogens (tertiary/aromatic N) is 3. The molecule has 1 saturated heterocycles. The number of hydrogen-bond donors (Lipinski definition) is 0. The van der Waals surface area contributed by atoms with Crippen LogP contribution in [0.1, 0.15) is 31.2 Å². The Morgan fingerprint density at radius 2 is 1.86 bits per heavy atom. The van der Waals surface area contributed by atoms with E-state index in [1.54, 1.807) is 10.6 Å². The molecule has 2 aliphatic rings. The van der Waals surface area contributed by atoms with Crippen LogP contribution in [0.25, 0.3) is 10.9 Å². The molecule has 0 bridgehead atoms. The Morgan fingerprint density at radius 3 is 2.62 bits per heavy atom. The fraction of sp³-hybridized carbons (Fsp3) is 0.458. The van der Waals surface area contributed by atoms with Gasteiger partial charge in [-0.1, -0.05) is 12.1 Å². The van der Waals surface area contributed by atoms with E-state index in [0.29, 0.717) is 0 Å². The second-order valence-electron chi connectivity index (χ2n) is 8.68. The molecule has 3 heterocycles. The molecule has 0 N–H and O–H groups in total. The van der Waals surface area contributed by atoms with Gasteiger partial charge in [0.25, 0.3) is 0 Å². The summed E-state index contributed by atoms with van der Waals surface area (Å²) in [5.74, 6) is 1.89. The van der Waals surface area contributed by atoms with Crippen LogP contribution in [0.5, 0.6) is 5.75 Å². The van der Waals surface area contributed by atoms with E-state index in [1.807, 2.05) is 19.3 Å². The SMILES string of the molecule is Cn1cc(CN2CCC(Oc3cccc4c3ccn4CC3CC3)CC2)ccc1=O. The maximum atomic E-state index is 11.6. The fourth-order valence-corrected chi connectivity index (χ4v) is 4.40. The Bertz CT molecular complexity index is 1060. The normalized spacial score (nSPS) is 18.4. The van der Waals surface area contributed by atoms with Gasteiger partial charge in [-0.3, -0.25) is 9.69 Å². The minimum atomic E-state index is 0.0426. The molecule has 5 nitrogen and oxygen atoms in total. The number of pyridine rings is 1. The average Bonchev–Trinajstić information content (AvgIpc) is 3.45. The summed E-state index contributed by atoms with van der Waals surface area (Å²) in [7, 11) is 1.81. The topological polar surface area (TPSA) is 39.4 Å². The Labute approximate surface area is 171 Å². The van der Waals surface area contributed by atoms with Gasteiger partial charge in [0.2, 0.25) is 5.56 Å². The molecule has 3 aromatic rings. The molecule has 2 fully saturated rings. The van der Waals surface area contributed by atoms with Crippen LogP contribution in [0.15, 0.2) is 53.6 Å². The molecule has 0 radical (unpaired) electrons. The molecule has 5 heteroatoms. The maximum Gasteiger partial charge on any atom is 0.250 e. The van der Waals surface area contributed by atoms with Crippen molar-refractivity contribution < 1.29 is 4.74 Å². The molecule has 1 saturated carbocycles. The van der Waals surface area contributed by atoms with Crippen molar-refractivity contribution in [2.24, 2.45) is 13.0 Å². The predicted octanol–water partition coefficient (Wildman–Crippen LogP) is 3.79.